The van der Waals surface area contributed by atoms with Crippen LogP contribution in [0.3, 0.4) is 0 Å². The van der Waals surface area contributed by atoms with Crippen LogP contribution < -0.4 is 4.72 Å². The summed E-state index contributed by atoms with van der Waals surface area (Å²) in [4.78, 5) is -0.497. The molecule has 2 aromatic carbocycles. The fraction of sp³-hybridized carbons (Fsp3) is 0.188. The van der Waals surface area contributed by atoms with Crippen LogP contribution in [0.15, 0.2) is 47.4 Å². The zero-order valence-electron chi connectivity index (χ0n) is 13.3. The first-order valence-corrected chi connectivity index (χ1v) is 9.28. The molecule has 1 N–H and O–H groups in total. The molecule has 0 amide bonds. The lowest BCUT2D eigenvalue weighted by Crippen LogP contribution is -2.13. The molecule has 26 heavy (non-hydrogen) atoms. The molecule has 1 aromatic heterocycles. The predicted octanol–water partition coefficient (Wildman–Crippen LogP) is 2.75. The molecule has 4 rings (SSSR count). The number of tetrazole rings is 1. The van der Waals surface area contributed by atoms with Crippen LogP contribution in [0.2, 0.25) is 0 Å². The van der Waals surface area contributed by atoms with Gasteiger partial charge >= 0.3 is 0 Å². The van der Waals surface area contributed by atoms with Gasteiger partial charge in [0.1, 0.15) is 11.6 Å². The number of sulfonamides is 1. The van der Waals surface area contributed by atoms with Gasteiger partial charge in [-0.15, -0.1) is 5.10 Å². The average molecular weight is 377 g/mol. The van der Waals surface area contributed by atoms with Gasteiger partial charge in [-0.1, -0.05) is 12.1 Å². The van der Waals surface area contributed by atoms with Crippen molar-refractivity contribution in [3.8, 4) is 11.4 Å². The van der Waals surface area contributed by atoms with Crippen LogP contribution in [-0.4, -0.2) is 28.6 Å². The third-order valence-corrected chi connectivity index (χ3v) is 5.27. The molecule has 0 aliphatic heterocycles. The summed E-state index contributed by atoms with van der Waals surface area (Å²) < 4.78 is 55.5. The average Bonchev–Trinajstić information content (AvgIpc) is 3.30. The predicted molar refractivity (Wildman–Crippen MR) is 88.7 cm³/mol. The molecule has 10 heteroatoms. The summed E-state index contributed by atoms with van der Waals surface area (Å²) in [5.41, 5.74) is 0.866. The van der Waals surface area contributed by atoms with Crippen molar-refractivity contribution >= 4 is 15.7 Å². The molecular weight excluding hydrogens is 364 g/mol. The van der Waals surface area contributed by atoms with Crippen molar-refractivity contribution in [2.75, 3.05) is 4.72 Å². The van der Waals surface area contributed by atoms with Crippen LogP contribution in [0.25, 0.3) is 11.4 Å². The minimum atomic E-state index is -4.15. The Balaban J connectivity index is 1.65. The second kappa shape index (κ2) is 6.13. The van der Waals surface area contributed by atoms with Crippen molar-refractivity contribution < 1.29 is 17.2 Å². The van der Waals surface area contributed by atoms with E-state index in [-0.39, 0.29) is 11.7 Å². The quantitative estimate of drug-likeness (QED) is 0.738. The molecule has 0 atom stereocenters. The third kappa shape index (κ3) is 3.27. The minimum absolute atomic E-state index is 0.234. The maximum atomic E-state index is 13.3. The second-order valence-corrected chi connectivity index (χ2v) is 7.65. The van der Waals surface area contributed by atoms with Crippen LogP contribution in [0, 0.1) is 11.6 Å². The van der Waals surface area contributed by atoms with Gasteiger partial charge in [-0.05, 0) is 47.5 Å². The zero-order valence-corrected chi connectivity index (χ0v) is 14.1. The first-order chi connectivity index (χ1) is 12.4. The first kappa shape index (κ1) is 16.6. The van der Waals surface area contributed by atoms with Gasteiger partial charge in [0, 0.05) is 17.3 Å². The monoisotopic (exact) mass is 377 g/mol. The molecule has 1 saturated carbocycles. The van der Waals surface area contributed by atoms with Crippen LogP contribution in [0.1, 0.15) is 18.9 Å². The first-order valence-electron chi connectivity index (χ1n) is 7.79. The van der Waals surface area contributed by atoms with Gasteiger partial charge in [-0.25, -0.2) is 21.9 Å². The van der Waals surface area contributed by atoms with Crippen molar-refractivity contribution in [1.82, 2.24) is 20.2 Å². The summed E-state index contributed by atoms with van der Waals surface area (Å²) in [6.07, 6.45) is 1.99. The number of benzene rings is 2. The van der Waals surface area contributed by atoms with Gasteiger partial charge in [-0.3, -0.25) is 4.72 Å². The van der Waals surface area contributed by atoms with Crippen LogP contribution in [0.4, 0.5) is 14.5 Å². The summed E-state index contributed by atoms with van der Waals surface area (Å²) in [6, 6.07) is 8.87. The highest BCUT2D eigenvalue weighted by Gasteiger charge is 2.28. The van der Waals surface area contributed by atoms with Gasteiger partial charge in [0.25, 0.3) is 10.0 Å². The summed E-state index contributed by atoms with van der Waals surface area (Å²) in [6.45, 7) is 0. The highest BCUT2D eigenvalue weighted by molar-refractivity contribution is 7.92. The number of anilines is 1. The molecular formula is C16H13F2N5O2S. The lowest BCUT2D eigenvalue weighted by molar-refractivity contribution is 0.568. The molecule has 1 heterocycles. The second-order valence-electron chi connectivity index (χ2n) is 5.97. The molecule has 7 nitrogen and oxygen atoms in total. The number of hydrogen-bond donors (Lipinski definition) is 1. The largest absolute Gasteiger partial charge is 0.280 e. The normalized spacial score (nSPS) is 14.4. The molecule has 134 valence electrons. The maximum absolute atomic E-state index is 13.3. The lowest BCUT2D eigenvalue weighted by Gasteiger charge is -2.10. The summed E-state index contributed by atoms with van der Waals surface area (Å²) in [5, 5.41) is 11.6. The molecule has 1 aliphatic carbocycles. The van der Waals surface area contributed by atoms with E-state index >= 15 is 0 Å². The van der Waals surface area contributed by atoms with E-state index in [0.717, 1.165) is 25.0 Å². The molecule has 0 unspecified atom stereocenters. The van der Waals surface area contributed by atoms with E-state index in [9.17, 15) is 17.2 Å². The molecule has 1 aliphatic rings. The zero-order chi connectivity index (χ0) is 18.3. The van der Waals surface area contributed by atoms with E-state index in [1.54, 1.807) is 22.9 Å². The van der Waals surface area contributed by atoms with Crippen molar-refractivity contribution in [2.24, 2.45) is 0 Å². The Morgan fingerprint density at radius 2 is 1.81 bits per heavy atom. The van der Waals surface area contributed by atoms with E-state index < -0.39 is 26.6 Å². The maximum Gasteiger partial charge on any atom is 0.262 e. The Hall–Kier alpha value is -2.88. The Morgan fingerprint density at radius 3 is 2.50 bits per heavy atom. The van der Waals surface area contributed by atoms with Crippen LogP contribution in [-0.2, 0) is 10.0 Å². The molecule has 0 radical (unpaired) electrons. The van der Waals surface area contributed by atoms with E-state index in [1.807, 2.05) is 0 Å². The minimum Gasteiger partial charge on any atom is -0.280 e. The molecule has 0 saturated heterocycles. The summed E-state index contributed by atoms with van der Waals surface area (Å²) >= 11 is 0. The van der Waals surface area contributed by atoms with E-state index in [2.05, 4.69) is 20.2 Å². The van der Waals surface area contributed by atoms with E-state index in [1.165, 1.54) is 6.07 Å². The topological polar surface area (TPSA) is 89.8 Å². The third-order valence-electron chi connectivity index (χ3n) is 3.90. The van der Waals surface area contributed by atoms with Gasteiger partial charge < -0.3 is 0 Å². The van der Waals surface area contributed by atoms with Crippen LogP contribution >= 0.6 is 0 Å². The highest BCUT2D eigenvalue weighted by atomic mass is 32.2. The van der Waals surface area contributed by atoms with Gasteiger partial charge in [0.15, 0.2) is 5.82 Å². The van der Waals surface area contributed by atoms with Crippen molar-refractivity contribution in [1.29, 1.82) is 0 Å². The number of hydrogen-bond acceptors (Lipinski definition) is 5. The number of rotatable bonds is 5. The lowest BCUT2D eigenvalue weighted by atomic mass is 10.2. The molecule has 0 spiro atoms. The van der Waals surface area contributed by atoms with Gasteiger partial charge in [-0.2, -0.15) is 0 Å². The molecule has 1 fully saturated rings. The van der Waals surface area contributed by atoms with Crippen molar-refractivity contribution in [3.05, 3.63) is 54.1 Å². The van der Waals surface area contributed by atoms with Crippen molar-refractivity contribution in [3.63, 3.8) is 0 Å². The number of nitrogens with one attached hydrogen (secondary N) is 1. The Labute approximate surface area is 147 Å². The fourth-order valence-electron chi connectivity index (χ4n) is 2.57. The Bertz CT molecular complexity index is 1060. The van der Waals surface area contributed by atoms with Gasteiger partial charge in [0.2, 0.25) is 0 Å². The summed E-state index contributed by atoms with van der Waals surface area (Å²) in [7, 11) is -4.15. The Morgan fingerprint density at radius 1 is 1.08 bits per heavy atom. The van der Waals surface area contributed by atoms with Gasteiger partial charge in [0.05, 0.1) is 10.9 Å². The van der Waals surface area contributed by atoms with E-state index in [4.69, 9.17) is 0 Å². The van der Waals surface area contributed by atoms with Crippen LogP contribution in [0.5, 0.6) is 0 Å². The standard InChI is InChI=1S/C16H13F2N5O2S/c17-11-7-12(18)9-15(8-11)26(24,25)20-13-3-1-2-10(6-13)16-19-21-22-23(16)14-4-5-14/h1-3,6-9,14,20H,4-5H2. The Kier molecular flexibility index (Phi) is 3.91. The highest BCUT2D eigenvalue weighted by Crippen LogP contribution is 2.36. The number of halogens is 2. The van der Waals surface area contributed by atoms with Crippen molar-refractivity contribution in [2.45, 2.75) is 23.8 Å². The summed E-state index contributed by atoms with van der Waals surface area (Å²) in [5.74, 6) is -1.41. The number of nitrogens with zero attached hydrogens (tertiary/aromatic N) is 4. The van der Waals surface area contributed by atoms with E-state index in [0.29, 0.717) is 17.5 Å². The SMILES string of the molecule is O=S(=O)(Nc1cccc(-c2nnnn2C2CC2)c1)c1cc(F)cc(F)c1. The molecule has 3 aromatic rings. The number of aromatic nitrogens is 4. The smallest absolute Gasteiger partial charge is 0.262 e. The molecule has 0 bridgehead atoms. The fourth-order valence-corrected chi connectivity index (χ4v) is 3.66.